The summed E-state index contributed by atoms with van der Waals surface area (Å²) in [4.78, 5) is 13.4. The first-order valence-corrected chi connectivity index (χ1v) is 3.46. The Balaban J connectivity index is 2.74. The highest BCUT2D eigenvalue weighted by Gasteiger charge is 2.09. The molecule has 0 amide bonds. The highest BCUT2D eigenvalue weighted by molar-refractivity contribution is 5.86. The van der Waals surface area contributed by atoms with Crippen molar-refractivity contribution < 1.29 is 13.9 Å². The zero-order valence-electron chi connectivity index (χ0n) is 6.93. The maximum Gasteiger partial charge on any atom is 0.373 e. The topological polar surface area (TPSA) is 88.2 Å². The summed E-state index contributed by atoms with van der Waals surface area (Å²) in [6.45, 7) is 0.0908. The molecule has 0 saturated heterocycles. The molecule has 1 aromatic heterocycles. The van der Waals surface area contributed by atoms with Crippen LogP contribution in [-0.2, 0) is 11.3 Å². The van der Waals surface area contributed by atoms with Crippen molar-refractivity contribution in [2.75, 3.05) is 7.11 Å². The van der Waals surface area contributed by atoms with Gasteiger partial charge < -0.3 is 9.15 Å². The van der Waals surface area contributed by atoms with Crippen LogP contribution in [0.5, 0.6) is 0 Å². The third-order valence-corrected chi connectivity index (χ3v) is 1.34. The van der Waals surface area contributed by atoms with Gasteiger partial charge in [0, 0.05) is 4.91 Å². The van der Waals surface area contributed by atoms with Crippen LogP contribution in [-0.4, -0.2) is 13.1 Å². The van der Waals surface area contributed by atoms with Crippen LogP contribution in [0.4, 0.5) is 0 Å². The largest absolute Gasteiger partial charge is 0.463 e. The molecule has 0 N–H and O–H groups in total. The minimum atomic E-state index is -0.549. The van der Waals surface area contributed by atoms with E-state index in [1.165, 1.54) is 13.2 Å². The van der Waals surface area contributed by atoms with Gasteiger partial charge in [0.05, 0.1) is 13.7 Å². The molecule has 1 rings (SSSR count). The molecule has 68 valence electrons. The van der Waals surface area contributed by atoms with E-state index in [1.54, 1.807) is 6.07 Å². The van der Waals surface area contributed by atoms with Crippen molar-refractivity contribution in [3.05, 3.63) is 34.1 Å². The van der Waals surface area contributed by atoms with Gasteiger partial charge in [-0.25, -0.2) is 4.79 Å². The summed E-state index contributed by atoms with van der Waals surface area (Å²) in [6.07, 6.45) is 0. The number of nitrogens with zero attached hydrogens (tertiary/aromatic N) is 3. The first-order chi connectivity index (χ1) is 6.27. The summed E-state index contributed by atoms with van der Waals surface area (Å²) in [5.74, 6) is -0.0176. The lowest BCUT2D eigenvalue weighted by Crippen LogP contribution is -1.98. The molecule has 0 radical (unpaired) electrons. The minimum absolute atomic E-state index is 0.0908. The second kappa shape index (κ2) is 4.18. The van der Waals surface area contributed by atoms with E-state index in [4.69, 9.17) is 9.95 Å². The van der Waals surface area contributed by atoms with Gasteiger partial charge in [-0.1, -0.05) is 5.11 Å². The van der Waals surface area contributed by atoms with Crippen LogP contribution in [0.25, 0.3) is 10.4 Å². The quantitative estimate of drug-likeness (QED) is 0.308. The fraction of sp³-hybridized carbons (Fsp3) is 0.286. The maximum atomic E-state index is 10.9. The third kappa shape index (κ3) is 2.25. The maximum absolute atomic E-state index is 10.9. The first-order valence-electron chi connectivity index (χ1n) is 3.46. The van der Waals surface area contributed by atoms with E-state index in [1.807, 2.05) is 0 Å². The number of hydrogen-bond donors (Lipinski definition) is 0. The average Bonchev–Trinajstić information content (AvgIpc) is 2.62. The zero-order valence-corrected chi connectivity index (χ0v) is 6.93. The minimum Gasteiger partial charge on any atom is -0.463 e. The molecular weight excluding hydrogens is 174 g/mol. The zero-order chi connectivity index (χ0) is 9.68. The number of esters is 1. The highest BCUT2D eigenvalue weighted by Crippen LogP contribution is 2.09. The molecular formula is C7H7N3O3. The Bertz CT molecular complexity index is 352. The third-order valence-electron chi connectivity index (χ3n) is 1.34. The Hall–Kier alpha value is -1.94. The van der Waals surface area contributed by atoms with Crippen LogP contribution in [0.2, 0.25) is 0 Å². The Morgan fingerprint density at radius 2 is 2.54 bits per heavy atom. The van der Waals surface area contributed by atoms with E-state index < -0.39 is 5.97 Å². The smallest absolute Gasteiger partial charge is 0.373 e. The SMILES string of the molecule is COC(=O)c1ccc(CN=[N+]=[N-])o1. The number of methoxy groups -OCH3 is 1. The van der Waals surface area contributed by atoms with E-state index >= 15 is 0 Å². The van der Waals surface area contributed by atoms with Gasteiger partial charge >= 0.3 is 5.97 Å². The molecule has 0 aliphatic carbocycles. The van der Waals surface area contributed by atoms with Gasteiger partial charge in [0.1, 0.15) is 5.76 Å². The lowest BCUT2D eigenvalue weighted by Gasteiger charge is -1.92. The van der Waals surface area contributed by atoms with Crippen LogP contribution < -0.4 is 0 Å². The van der Waals surface area contributed by atoms with E-state index in [9.17, 15) is 4.79 Å². The molecule has 0 aromatic carbocycles. The van der Waals surface area contributed by atoms with Crippen molar-refractivity contribution in [2.24, 2.45) is 5.11 Å². The second-order valence-corrected chi connectivity index (χ2v) is 2.15. The summed E-state index contributed by atoms with van der Waals surface area (Å²) in [7, 11) is 1.26. The van der Waals surface area contributed by atoms with Crippen molar-refractivity contribution >= 4 is 5.97 Å². The molecule has 0 unspecified atom stereocenters. The number of furan rings is 1. The molecule has 0 bridgehead atoms. The summed E-state index contributed by atoms with van der Waals surface area (Å²) < 4.78 is 9.42. The van der Waals surface area contributed by atoms with Crippen molar-refractivity contribution in [1.82, 2.24) is 0 Å². The summed E-state index contributed by atoms with van der Waals surface area (Å²) >= 11 is 0. The molecule has 0 saturated carbocycles. The highest BCUT2D eigenvalue weighted by atomic mass is 16.5. The lowest BCUT2D eigenvalue weighted by molar-refractivity contribution is 0.0563. The molecule has 1 aromatic rings. The lowest BCUT2D eigenvalue weighted by atomic mass is 10.4. The Labute approximate surface area is 73.7 Å². The van der Waals surface area contributed by atoms with Crippen LogP contribution in [0.1, 0.15) is 16.3 Å². The van der Waals surface area contributed by atoms with Gasteiger partial charge in [0.25, 0.3) is 0 Å². The number of azide groups is 1. The van der Waals surface area contributed by atoms with Crippen LogP contribution in [0, 0.1) is 0 Å². The number of ether oxygens (including phenoxy) is 1. The predicted molar refractivity (Wildman–Crippen MR) is 42.9 cm³/mol. The van der Waals surface area contributed by atoms with Gasteiger partial charge in [0.15, 0.2) is 0 Å². The van der Waals surface area contributed by atoms with E-state index in [-0.39, 0.29) is 12.3 Å². The number of carbonyl (C=O) groups is 1. The van der Waals surface area contributed by atoms with Crippen molar-refractivity contribution in [3.63, 3.8) is 0 Å². The van der Waals surface area contributed by atoms with Gasteiger partial charge in [-0.15, -0.1) is 0 Å². The molecule has 0 atom stereocenters. The van der Waals surface area contributed by atoms with Crippen LogP contribution >= 0.6 is 0 Å². The molecule has 0 fully saturated rings. The van der Waals surface area contributed by atoms with Gasteiger partial charge in [-0.05, 0) is 17.7 Å². The van der Waals surface area contributed by atoms with E-state index in [0.29, 0.717) is 5.76 Å². The van der Waals surface area contributed by atoms with Crippen molar-refractivity contribution in [3.8, 4) is 0 Å². The number of rotatable bonds is 3. The molecule has 0 spiro atoms. The van der Waals surface area contributed by atoms with Gasteiger partial charge in [-0.3, -0.25) is 0 Å². The Morgan fingerprint density at radius 1 is 1.77 bits per heavy atom. The van der Waals surface area contributed by atoms with Crippen molar-refractivity contribution in [1.29, 1.82) is 0 Å². The van der Waals surface area contributed by atoms with E-state index in [2.05, 4.69) is 14.8 Å². The molecule has 1 heterocycles. The molecule has 0 aliphatic heterocycles. The van der Waals surface area contributed by atoms with Gasteiger partial charge in [0.2, 0.25) is 5.76 Å². The Morgan fingerprint density at radius 3 is 3.15 bits per heavy atom. The fourth-order valence-corrected chi connectivity index (χ4v) is 0.775. The summed E-state index contributed by atoms with van der Waals surface area (Å²) in [6, 6.07) is 3.02. The van der Waals surface area contributed by atoms with Crippen LogP contribution in [0.15, 0.2) is 21.7 Å². The summed E-state index contributed by atoms with van der Waals surface area (Å²) in [5, 5.41) is 3.28. The second-order valence-electron chi connectivity index (χ2n) is 2.15. The molecule has 6 nitrogen and oxygen atoms in total. The molecule has 0 aliphatic rings. The first kappa shape index (κ1) is 9.15. The predicted octanol–water partition coefficient (Wildman–Crippen LogP) is 1.88. The molecule has 6 heteroatoms. The normalized spacial score (nSPS) is 9.00. The standard InChI is InChI=1S/C7H7N3O3/c1-12-7(11)6-3-2-5(13-6)4-9-10-8/h2-3H,4H2,1H3. The van der Waals surface area contributed by atoms with Crippen LogP contribution in [0.3, 0.4) is 0 Å². The fourth-order valence-electron chi connectivity index (χ4n) is 0.775. The van der Waals surface area contributed by atoms with E-state index in [0.717, 1.165) is 0 Å². The van der Waals surface area contributed by atoms with Crippen molar-refractivity contribution in [2.45, 2.75) is 6.54 Å². The van der Waals surface area contributed by atoms with Gasteiger partial charge in [-0.2, -0.15) is 0 Å². The Kier molecular flexibility index (Phi) is 2.94. The monoisotopic (exact) mass is 181 g/mol. The average molecular weight is 181 g/mol. The number of hydrogen-bond acceptors (Lipinski definition) is 4. The number of carbonyl (C=O) groups excluding carboxylic acids is 1. The molecule has 13 heavy (non-hydrogen) atoms. The summed E-state index contributed by atoms with van der Waals surface area (Å²) in [5.41, 5.74) is 8.01.